The molecule has 1 heterocycles. The highest BCUT2D eigenvalue weighted by molar-refractivity contribution is 5.81. The van der Waals surface area contributed by atoms with Gasteiger partial charge in [0.25, 0.3) is 0 Å². The van der Waals surface area contributed by atoms with E-state index in [-0.39, 0.29) is 12.7 Å². The minimum Gasteiger partial charge on any atom is -0.454 e. The van der Waals surface area contributed by atoms with Crippen LogP contribution in [0, 0.1) is 5.92 Å². The monoisotopic (exact) mass is 264 g/mol. The Bertz CT molecular complexity index is 460. The van der Waals surface area contributed by atoms with Gasteiger partial charge in [-0.05, 0) is 30.0 Å². The van der Waals surface area contributed by atoms with E-state index in [0.29, 0.717) is 18.9 Å². The van der Waals surface area contributed by atoms with E-state index in [9.17, 15) is 4.79 Å². The number of benzene rings is 1. The van der Waals surface area contributed by atoms with Gasteiger partial charge in [-0.3, -0.25) is 4.79 Å². The number of hydrogen-bond acceptors (Lipinski definition) is 4. The molecule has 104 valence electrons. The topological polar surface area (TPSA) is 73.6 Å². The molecular formula is C14H20N2O3. The van der Waals surface area contributed by atoms with Gasteiger partial charge in [-0.15, -0.1) is 0 Å². The van der Waals surface area contributed by atoms with Gasteiger partial charge in [-0.1, -0.05) is 19.9 Å². The van der Waals surface area contributed by atoms with Crippen molar-refractivity contribution in [2.45, 2.75) is 32.9 Å². The van der Waals surface area contributed by atoms with Gasteiger partial charge in [0.1, 0.15) is 0 Å². The van der Waals surface area contributed by atoms with Crippen molar-refractivity contribution in [1.82, 2.24) is 5.32 Å². The Labute approximate surface area is 113 Å². The van der Waals surface area contributed by atoms with Crippen LogP contribution in [-0.2, 0) is 11.3 Å². The molecule has 0 saturated carbocycles. The van der Waals surface area contributed by atoms with Crippen LogP contribution in [0.4, 0.5) is 0 Å². The molecule has 1 aliphatic heterocycles. The summed E-state index contributed by atoms with van der Waals surface area (Å²) in [5, 5.41) is 2.83. The summed E-state index contributed by atoms with van der Waals surface area (Å²) in [5.74, 6) is 1.75. The number of nitrogens with one attached hydrogen (secondary N) is 1. The van der Waals surface area contributed by atoms with E-state index in [0.717, 1.165) is 17.1 Å². The molecule has 0 aliphatic carbocycles. The zero-order valence-electron chi connectivity index (χ0n) is 11.3. The molecule has 19 heavy (non-hydrogen) atoms. The summed E-state index contributed by atoms with van der Waals surface area (Å²) >= 11 is 0. The van der Waals surface area contributed by atoms with Crippen molar-refractivity contribution in [1.29, 1.82) is 0 Å². The number of fused-ring (bicyclic) bond motifs is 1. The normalized spacial score (nSPS) is 14.5. The summed E-state index contributed by atoms with van der Waals surface area (Å²) < 4.78 is 10.5. The summed E-state index contributed by atoms with van der Waals surface area (Å²) in [7, 11) is 0. The van der Waals surface area contributed by atoms with Gasteiger partial charge in [0, 0.05) is 6.54 Å². The van der Waals surface area contributed by atoms with Crippen LogP contribution in [0.2, 0.25) is 0 Å². The van der Waals surface area contributed by atoms with Crippen molar-refractivity contribution in [3.05, 3.63) is 23.8 Å². The Morgan fingerprint density at radius 3 is 2.84 bits per heavy atom. The number of rotatable bonds is 5. The molecule has 1 aromatic rings. The smallest absolute Gasteiger partial charge is 0.237 e. The van der Waals surface area contributed by atoms with Crippen molar-refractivity contribution < 1.29 is 14.3 Å². The molecule has 0 unspecified atom stereocenters. The Hall–Kier alpha value is -1.75. The Kier molecular flexibility index (Phi) is 4.27. The lowest BCUT2D eigenvalue weighted by molar-refractivity contribution is -0.122. The first-order valence-electron chi connectivity index (χ1n) is 6.48. The summed E-state index contributed by atoms with van der Waals surface area (Å²) in [4.78, 5) is 11.8. The molecule has 0 fully saturated rings. The first kappa shape index (κ1) is 13.7. The van der Waals surface area contributed by atoms with Crippen molar-refractivity contribution in [3.8, 4) is 11.5 Å². The van der Waals surface area contributed by atoms with Crippen LogP contribution < -0.4 is 20.5 Å². The Morgan fingerprint density at radius 2 is 2.11 bits per heavy atom. The van der Waals surface area contributed by atoms with Crippen LogP contribution >= 0.6 is 0 Å². The van der Waals surface area contributed by atoms with Gasteiger partial charge in [0.15, 0.2) is 11.5 Å². The van der Waals surface area contributed by atoms with Gasteiger partial charge in [-0.2, -0.15) is 0 Å². The quantitative estimate of drug-likeness (QED) is 0.843. The van der Waals surface area contributed by atoms with Crippen molar-refractivity contribution >= 4 is 5.91 Å². The number of carbonyl (C=O) groups excluding carboxylic acids is 1. The summed E-state index contributed by atoms with van der Waals surface area (Å²) in [6.07, 6.45) is 0.687. The highest BCUT2D eigenvalue weighted by Gasteiger charge is 2.16. The van der Waals surface area contributed by atoms with Crippen molar-refractivity contribution in [2.24, 2.45) is 11.7 Å². The third-order valence-corrected chi connectivity index (χ3v) is 2.97. The second-order valence-corrected chi connectivity index (χ2v) is 5.14. The number of amides is 1. The van der Waals surface area contributed by atoms with Gasteiger partial charge in [0.2, 0.25) is 12.7 Å². The molecule has 1 aliphatic rings. The van der Waals surface area contributed by atoms with Crippen LogP contribution in [-0.4, -0.2) is 18.7 Å². The maximum absolute atomic E-state index is 11.8. The maximum atomic E-state index is 11.8. The third-order valence-electron chi connectivity index (χ3n) is 2.97. The fraction of sp³-hybridized carbons (Fsp3) is 0.500. The average molecular weight is 264 g/mol. The largest absolute Gasteiger partial charge is 0.454 e. The van der Waals surface area contributed by atoms with Crippen LogP contribution in [0.15, 0.2) is 18.2 Å². The molecule has 5 nitrogen and oxygen atoms in total. The maximum Gasteiger partial charge on any atom is 0.237 e. The standard InChI is InChI=1S/C14H20N2O3/c1-9(2)5-11(15)14(17)16-7-10-3-4-12-13(6-10)19-8-18-12/h3-4,6,9,11H,5,7-8,15H2,1-2H3,(H,16,17)/t11-/m0/s1. The minimum absolute atomic E-state index is 0.119. The lowest BCUT2D eigenvalue weighted by atomic mass is 10.0. The summed E-state index contributed by atoms with van der Waals surface area (Å²) in [6.45, 7) is 4.79. The molecule has 0 saturated heterocycles. The lowest BCUT2D eigenvalue weighted by Gasteiger charge is -2.14. The molecule has 3 N–H and O–H groups in total. The van der Waals surface area contributed by atoms with E-state index in [1.807, 2.05) is 32.0 Å². The summed E-state index contributed by atoms with van der Waals surface area (Å²) in [6, 6.07) is 5.17. The second kappa shape index (κ2) is 5.93. The fourth-order valence-corrected chi connectivity index (χ4v) is 1.99. The molecule has 2 rings (SSSR count). The highest BCUT2D eigenvalue weighted by atomic mass is 16.7. The van der Waals surface area contributed by atoms with Gasteiger partial charge in [0.05, 0.1) is 6.04 Å². The van der Waals surface area contributed by atoms with E-state index >= 15 is 0 Å². The third kappa shape index (κ3) is 3.61. The van der Waals surface area contributed by atoms with Crippen LogP contribution in [0.25, 0.3) is 0 Å². The zero-order chi connectivity index (χ0) is 13.8. The van der Waals surface area contributed by atoms with Gasteiger partial charge < -0.3 is 20.5 Å². The van der Waals surface area contributed by atoms with E-state index in [1.54, 1.807) is 0 Å². The predicted octanol–water partition coefficient (Wildman–Crippen LogP) is 1.40. The minimum atomic E-state index is -0.450. The molecule has 0 bridgehead atoms. The van der Waals surface area contributed by atoms with Crippen LogP contribution in [0.1, 0.15) is 25.8 Å². The van der Waals surface area contributed by atoms with E-state index < -0.39 is 6.04 Å². The van der Waals surface area contributed by atoms with E-state index in [1.165, 1.54) is 0 Å². The molecule has 0 spiro atoms. The van der Waals surface area contributed by atoms with Crippen LogP contribution in [0.3, 0.4) is 0 Å². The zero-order valence-corrected chi connectivity index (χ0v) is 11.3. The molecule has 0 aromatic heterocycles. The van der Waals surface area contributed by atoms with Gasteiger partial charge >= 0.3 is 0 Å². The van der Waals surface area contributed by atoms with Crippen molar-refractivity contribution in [3.63, 3.8) is 0 Å². The first-order valence-corrected chi connectivity index (χ1v) is 6.48. The highest BCUT2D eigenvalue weighted by Crippen LogP contribution is 2.32. The van der Waals surface area contributed by atoms with E-state index in [2.05, 4.69) is 5.32 Å². The molecule has 0 radical (unpaired) electrons. The van der Waals surface area contributed by atoms with Crippen LogP contribution in [0.5, 0.6) is 11.5 Å². The second-order valence-electron chi connectivity index (χ2n) is 5.14. The number of nitrogens with two attached hydrogens (primary N) is 1. The van der Waals surface area contributed by atoms with E-state index in [4.69, 9.17) is 15.2 Å². The Morgan fingerprint density at radius 1 is 1.37 bits per heavy atom. The Balaban J connectivity index is 1.87. The number of carbonyl (C=O) groups is 1. The number of ether oxygens (including phenoxy) is 2. The molecule has 1 atom stereocenters. The molecule has 1 amide bonds. The molecular weight excluding hydrogens is 244 g/mol. The fourth-order valence-electron chi connectivity index (χ4n) is 1.99. The molecule has 5 heteroatoms. The first-order chi connectivity index (χ1) is 9.06. The summed E-state index contributed by atoms with van der Waals surface area (Å²) in [5.41, 5.74) is 6.78. The van der Waals surface area contributed by atoms with Crippen molar-refractivity contribution in [2.75, 3.05) is 6.79 Å². The molecule has 1 aromatic carbocycles. The average Bonchev–Trinajstić information content (AvgIpc) is 2.82. The van der Waals surface area contributed by atoms with Gasteiger partial charge in [-0.25, -0.2) is 0 Å². The SMILES string of the molecule is CC(C)C[C@H](N)C(=O)NCc1ccc2c(c1)OCO2. The number of hydrogen-bond donors (Lipinski definition) is 2. The predicted molar refractivity (Wildman–Crippen MR) is 71.8 cm³/mol. The lowest BCUT2D eigenvalue weighted by Crippen LogP contribution is -2.40.